The van der Waals surface area contributed by atoms with E-state index in [4.69, 9.17) is 0 Å². The number of carbonyl (C=O) groups is 4. The third-order valence-electron chi connectivity index (χ3n) is 8.21. The number of aromatic nitrogens is 1. The van der Waals surface area contributed by atoms with Gasteiger partial charge in [0.05, 0.1) is 6.07 Å². The van der Waals surface area contributed by atoms with Gasteiger partial charge in [-0.05, 0) is 47.6 Å². The molecule has 1 aromatic rings. The summed E-state index contributed by atoms with van der Waals surface area (Å²) in [6, 6.07) is 8.19. The molecule has 1 saturated carbocycles. The minimum atomic E-state index is -0.875. The maximum atomic E-state index is 13.9. The number of fused-ring (bicyclic) bond motifs is 1. The second-order valence-corrected chi connectivity index (χ2v) is 12.2. The van der Waals surface area contributed by atoms with E-state index in [0.29, 0.717) is 19.5 Å². The van der Waals surface area contributed by atoms with Crippen LogP contribution in [0, 0.1) is 51.9 Å². The molecule has 0 bridgehead atoms. The molecule has 10 nitrogen and oxygen atoms in total. The van der Waals surface area contributed by atoms with E-state index in [1.807, 2.05) is 20.8 Å². The number of hydrogen-bond donors (Lipinski definition) is 2. The highest BCUT2D eigenvalue weighted by molar-refractivity contribution is 6.01. The minimum Gasteiger partial charge on any atom is -0.356 e. The molecule has 1 unspecified atom stereocenters. The van der Waals surface area contributed by atoms with E-state index in [1.54, 1.807) is 23.1 Å². The first-order chi connectivity index (χ1) is 17.9. The predicted octanol–water partition coefficient (Wildman–Crippen LogP) is 2.23. The van der Waals surface area contributed by atoms with E-state index in [-0.39, 0.29) is 47.1 Å². The fourth-order valence-electron chi connectivity index (χ4n) is 5.82. The summed E-state index contributed by atoms with van der Waals surface area (Å²) in [7, 11) is 0. The molecule has 2 N–H and O–H groups in total. The highest BCUT2D eigenvalue weighted by Crippen LogP contribution is 2.65. The SMILES string of the molecule is CC(C)(C)C(C#[N+]C(=O)c1ccccn1)C(=O)N1C[C@H]2[C@@H]([C@H]1C(=O)N[C@H](C#N)C[C@@H]1CCNC1=O)C2(C)C. The third kappa shape index (κ3) is 5.26. The standard InChI is InChI=1S/C28H34N6O4/c1-27(2,3)18(14-32-24(36)20-8-6-7-10-30-20)26(38)34-15-19-21(28(19,4)5)22(34)25(37)33-17(13-29)12-16-9-11-31-23(16)35/h6-8,10,16-19,21-22H,9,11-12,15H2,1-5H3,(H-,31,33,35,37)/p+1/t16-,17-,18?,19-,21-,22-/m0/s1. The van der Waals surface area contributed by atoms with Gasteiger partial charge in [-0.2, -0.15) is 10.1 Å². The number of pyridine rings is 1. The number of nitrogens with one attached hydrogen (secondary N) is 2. The molecule has 3 heterocycles. The molecule has 0 aromatic carbocycles. The van der Waals surface area contributed by atoms with Crippen molar-refractivity contribution in [2.45, 2.75) is 59.5 Å². The Morgan fingerprint density at radius 1 is 1.32 bits per heavy atom. The largest absolute Gasteiger partial charge is 0.566 e. The Balaban J connectivity index is 1.55. The molecule has 1 aromatic heterocycles. The van der Waals surface area contributed by atoms with E-state index in [1.165, 1.54) is 6.20 Å². The molecule has 38 heavy (non-hydrogen) atoms. The van der Waals surface area contributed by atoms with Gasteiger partial charge < -0.3 is 15.5 Å². The summed E-state index contributed by atoms with van der Waals surface area (Å²) in [5.41, 5.74) is -0.588. The molecule has 4 rings (SSSR count). The monoisotopic (exact) mass is 519 g/mol. The summed E-state index contributed by atoms with van der Waals surface area (Å²) in [4.78, 5) is 61.5. The zero-order valence-electron chi connectivity index (χ0n) is 22.5. The molecule has 6 atom stereocenters. The number of carbonyl (C=O) groups excluding carboxylic acids is 4. The summed E-state index contributed by atoms with van der Waals surface area (Å²) in [6.45, 7) is 10.7. The molecule has 3 aliphatic rings. The number of hydrogen-bond acceptors (Lipinski definition) is 6. The van der Waals surface area contributed by atoms with Crippen molar-refractivity contribution in [3.05, 3.63) is 34.9 Å². The van der Waals surface area contributed by atoms with Crippen LogP contribution >= 0.6 is 0 Å². The van der Waals surface area contributed by atoms with Crippen molar-refractivity contribution >= 4 is 23.6 Å². The van der Waals surface area contributed by atoms with Gasteiger partial charge in [0.2, 0.25) is 17.7 Å². The number of rotatable bonds is 6. The Morgan fingerprint density at radius 2 is 2.05 bits per heavy atom. The van der Waals surface area contributed by atoms with Crippen LogP contribution in [0.1, 0.15) is 57.9 Å². The molecule has 0 radical (unpaired) electrons. The molecule has 10 heteroatoms. The van der Waals surface area contributed by atoms with Crippen molar-refractivity contribution < 1.29 is 19.2 Å². The molecule has 3 fully saturated rings. The second kappa shape index (κ2) is 10.2. The molecule has 2 aliphatic heterocycles. The molecule has 1 aliphatic carbocycles. The Bertz CT molecular complexity index is 1240. The molecular weight excluding hydrogens is 484 g/mol. The number of piperidine rings is 1. The van der Waals surface area contributed by atoms with Crippen LogP contribution in [0.15, 0.2) is 24.4 Å². The van der Waals surface area contributed by atoms with Crippen molar-refractivity contribution in [1.82, 2.24) is 20.5 Å². The van der Waals surface area contributed by atoms with Gasteiger partial charge in [0.15, 0.2) is 11.6 Å². The van der Waals surface area contributed by atoms with Gasteiger partial charge in [-0.15, -0.1) is 0 Å². The van der Waals surface area contributed by atoms with E-state index >= 15 is 0 Å². The van der Waals surface area contributed by atoms with Gasteiger partial charge in [-0.25, -0.2) is 4.98 Å². The van der Waals surface area contributed by atoms with Crippen molar-refractivity contribution in [3.8, 4) is 12.1 Å². The van der Waals surface area contributed by atoms with Crippen LogP contribution in [0.4, 0.5) is 0 Å². The van der Waals surface area contributed by atoms with Gasteiger partial charge in [0.1, 0.15) is 12.1 Å². The van der Waals surface area contributed by atoms with Crippen LogP contribution in [-0.2, 0) is 14.4 Å². The first-order valence-corrected chi connectivity index (χ1v) is 13.1. The van der Waals surface area contributed by atoms with Crippen molar-refractivity contribution in [1.29, 1.82) is 5.26 Å². The van der Waals surface area contributed by atoms with E-state index in [0.717, 1.165) is 0 Å². The fourth-order valence-corrected chi connectivity index (χ4v) is 5.82. The summed E-state index contributed by atoms with van der Waals surface area (Å²) in [5, 5.41) is 15.3. The summed E-state index contributed by atoms with van der Waals surface area (Å²) in [5.74, 6) is -2.52. The zero-order valence-corrected chi connectivity index (χ0v) is 22.5. The lowest BCUT2D eigenvalue weighted by molar-refractivity contribution is -0.144. The lowest BCUT2D eigenvalue weighted by Gasteiger charge is -2.34. The fraction of sp³-hybridized carbons (Fsp3) is 0.607. The Morgan fingerprint density at radius 3 is 2.63 bits per heavy atom. The Kier molecular flexibility index (Phi) is 7.29. The highest BCUT2D eigenvalue weighted by Gasteiger charge is 2.70. The van der Waals surface area contributed by atoms with Crippen LogP contribution < -0.4 is 10.6 Å². The quantitative estimate of drug-likeness (QED) is 0.591. The molecular formula is C28H35N6O4+. The van der Waals surface area contributed by atoms with Crippen molar-refractivity contribution in [2.75, 3.05) is 13.1 Å². The van der Waals surface area contributed by atoms with Crippen LogP contribution in [0.3, 0.4) is 0 Å². The first-order valence-electron chi connectivity index (χ1n) is 13.1. The van der Waals surface area contributed by atoms with Crippen LogP contribution in [0.2, 0.25) is 0 Å². The van der Waals surface area contributed by atoms with Crippen LogP contribution in [0.25, 0.3) is 4.85 Å². The van der Waals surface area contributed by atoms with Crippen LogP contribution in [-0.4, -0.2) is 58.7 Å². The summed E-state index contributed by atoms with van der Waals surface area (Å²) in [6.07, 6.45) is 2.34. The third-order valence-corrected chi connectivity index (χ3v) is 8.21. The first kappa shape index (κ1) is 27.3. The number of likely N-dealkylation sites (tertiary alicyclic amines) is 1. The maximum absolute atomic E-state index is 13.9. The van der Waals surface area contributed by atoms with Gasteiger partial charge in [-0.3, -0.25) is 14.4 Å². The van der Waals surface area contributed by atoms with Crippen molar-refractivity contribution in [2.24, 2.45) is 34.5 Å². The van der Waals surface area contributed by atoms with Crippen LogP contribution in [0.5, 0.6) is 0 Å². The second-order valence-electron chi connectivity index (χ2n) is 12.2. The van der Waals surface area contributed by atoms with Gasteiger partial charge in [0, 0.05) is 30.0 Å². The number of nitriles is 1. The van der Waals surface area contributed by atoms with Crippen molar-refractivity contribution in [3.63, 3.8) is 0 Å². The van der Waals surface area contributed by atoms with Gasteiger partial charge in [-0.1, -0.05) is 40.7 Å². The normalized spacial score (nSPS) is 26.6. The number of amides is 4. The predicted molar refractivity (Wildman–Crippen MR) is 138 cm³/mol. The lowest BCUT2D eigenvalue weighted by Crippen LogP contribution is -2.54. The van der Waals surface area contributed by atoms with E-state index in [9.17, 15) is 24.4 Å². The molecule has 0 spiro atoms. The zero-order chi connectivity index (χ0) is 27.8. The van der Waals surface area contributed by atoms with Gasteiger partial charge >= 0.3 is 12.0 Å². The lowest BCUT2D eigenvalue weighted by atomic mass is 9.80. The average molecular weight is 520 g/mol. The highest BCUT2D eigenvalue weighted by atomic mass is 16.2. The smallest absolute Gasteiger partial charge is 0.356 e. The molecule has 4 amide bonds. The topological polar surface area (TPSA) is 137 Å². The molecule has 2 saturated heterocycles. The van der Waals surface area contributed by atoms with E-state index in [2.05, 4.69) is 46.4 Å². The maximum Gasteiger partial charge on any atom is 0.566 e. The minimum absolute atomic E-state index is 0.0479. The average Bonchev–Trinajstić information content (AvgIpc) is 3.21. The molecule has 200 valence electrons. The summed E-state index contributed by atoms with van der Waals surface area (Å²) >= 11 is 0. The Hall–Kier alpha value is -3.79. The van der Waals surface area contributed by atoms with E-state index < -0.39 is 35.2 Å². The Labute approximate surface area is 223 Å². The number of nitrogens with zero attached hydrogens (tertiary/aromatic N) is 4. The summed E-state index contributed by atoms with van der Waals surface area (Å²) < 4.78 is 0. The van der Waals surface area contributed by atoms with Gasteiger partial charge in [0.25, 0.3) is 0 Å².